The van der Waals surface area contributed by atoms with Crippen molar-refractivity contribution in [2.24, 2.45) is 0 Å². The summed E-state index contributed by atoms with van der Waals surface area (Å²) < 4.78 is 35.7. The predicted molar refractivity (Wildman–Crippen MR) is 68.1 cm³/mol. The fourth-order valence-electron chi connectivity index (χ4n) is 2.24. The summed E-state index contributed by atoms with van der Waals surface area (Å²) >= 11 is 0. The van der Waals surface area contributed by atoms with Gasteiger partial charge in [-0.3, -0.25) is 4.55 Å². The lowest BCUT2D eigenvalue weighted by molar-refractivity contribution is -0.868. The van der Waals surface area contributed by atoms with E-state index >= 15 is 0 Å². The zero-order chi connectivity index (χ0) is 14.0. The topological polar surface area (TPSA) is 83.6 Å². The molecule has 0 saturated carbocycles. The van der Waals surface area contributed by atoms with Crippen molar-refractivity contribution in [3.8, 4) is 0 Å². The summed E-state index contributed by atoms with van der Waals surface area (Å²) in [6.45, 7) is 5.24. The molecule has 106 valence electrons. The molecular formula is C11H18N3O4S+. The van der Waals surface area contributed by atoms with Crippen LogP contribution in [0.5, 0.6) is 0 Å². The summed E-state index contributed by atoms with van der Waals surface area (Å²) in [7, 11) is -4.55. The van der Waals surface area contributed by atoms with Crippen molar-refractivity contribution in [2.75, 3.05) is 18.0 Å². The third-order valence-corrected chi connectivity index (χ3v) is 3.41. The molecular weight excluding hydrogens is 270 g/mol. The zero-order valence-corrected chi connectivity index (χ0v) is 11.9. The predicted octanol–water partition coefficient (Wildman–Crippen LogP) is 0.208. The summed E-state index contributed by atoms with van der Waals surface area (Å²) in [6.07, 6.45) is 3.50. The van der Waals surface area contributed by atoms with E-state index in [2.05, 4.69) is 14.2 Å². The van der Waals surface area contributed by atoms with Gasteiger partial charge in [0.2, 0.25) is 5.82 Å². The fourth-order valence-corrected chi connectivity index (χ4v) is 2.65. The molecule has 1 N–H and O–H groups in total. The van der Waals surface area contributed by atoms with Gasteiger partial charge in [-0.1, -0.05) is 0 Å². The molecule has 1 saturated heterocycles. The minimum Gasteiger partial charge on any atom is -0.336 e. The Balaban J connectivity index is 2.30. The van der Waals surface area contributed by atoms with Crippen LogP contribution in [0.15, 0.2) is 6.07 Å². The number of hydrogen-bond donors (Lipinski definition) is 1. The average molecular weight is 288 g/mol. The van der Waals surface area contributed by atoms with Gasteiger partial charge >= 0.3 is 16.2 Å². The zero-order valence-electron chi connectivity index (χ0n) is 11.0. The molecule has 1 aromatic rings. The van der Waals surface area contributed by atoms with E-state index in [9.17, 15) is 8.42 Å². The maximum absolute atomic E-state index is 10.8. The van der Waals surface area contributed by atoms with E-state index in [0.717, 1.165) is 36.5 Å². The van der Waals surface area contributed by atoms with Crippen molar-refractivity contribution >= 4 is 16.2 Å². The first-order chi connectivity index (χ1) is 8.87. The van der Waals surface area contributed by atoms with Crippen LogP contribution in [0, 0.1) is 13.8 Å². The summed E-state index contributed by atoms with van der Waals surface area (Å²) in [5.41, 5.74) is 0.561. The number of piperidine rings is 1. The van der Waals surface area contributed by atoms with Gasteiger partial charge in [0.05, 0.1) is 6.07 Å². The highest BCUT2D eigenvalue weighted by Gasteiger charge is 2.24. The molecule has 1 fully saturated rings. The number of aryl methyl sites for hydroxylation is 2. The molecule has 19 heavy (non-hydrogen) atoms. The summed E-state index contributed by atoms with van der Waals surface area (Å²) in [5, 5.41) is 0. The van der Waals surface area contributed by atoms with Crippen LogP contribution in [0.1, 0.15) is 30.8 Å². The van der Waals surface area contributed by atoms with Crippen molar-refractivity contribution in [2.45, 2.75) is 33.1 Å². The van der Waals surface area contributed by atoms with Crippen LogP contribution in [0.2, 0.25) is 0 Å². The second kappa shape index (κ2) is 5.30. The number of anilines is 1. The Bertz CT molecular complexity index is 544. The van der Waals surface area contributed by atoms with Gasteiger partial charge in [-0.05, 0) is 29.0 Å². The molecule has 2 rings (SSSR count). The molecule has 0 spiro atoms. The molecule has 0 amide bonds. The largest absolute Gasteiger partial charge is 0.482 e. The van der Waals surface area contributed by atoms with Crippen molar-refractivity contribution in [1.29, 1.82) is 0 Å². The first-order valence-electron chi connectivity index (χ1n) is 6.19. The van der Waals surface area contributed by atoms with Gasteiger partial charge in [-0.25, -0.2) is 0 Å². The highest BCUT2D eigenvalue weighted by atomic mass is 32.3. The Kier molecular flexibility index (Phi) is 3.91. The van der Waals surface area contributed by atoms with Crippen LogP contribution in [0.25, 0.3) is 0 Å². The molecule has 0 unspecified atom stereocenters. The van der Waals surface area contributed by atoms with Crippen molar-refractivity contribution in [3.05, 3.63) is 17.6 Å². The summed E-state index contributed by atoms with van der Waals surface area (Å²) in [5.74, 6) is 1.18. The van der Waals surface area contributed by atoms with E-state index in [1.165, 1.54) is 6.42 Å². The highest BCUT2D eigenvalue weighted by molar-refractivity contribution is 7.80. The molecule has 8 heteroatoms. The average Bonchev–Trinajstić information content (AvgIpc) is 2.33. The standard InChI is InChI=1S/C11H17N3O4S/c1-9-8-11(13-6-4-3-5-7-13)12-10(2)14(9)18-19(15,16)17/h8H,3-7H2,1-2H3/p+1. The van der Waals surface area contributed by atoms with E-state index in [1.54, 1.807) is 19.9 Å². The minimum atomic E-state index is -4.55. The van der Waals surface area contributed by atoms with Gasteiger partial charge in [0.25, 0.3) is 0 Å². The van der Waals surface area contributed by atoms with Gasteiger partial charge < -0.3 is 4.90 Å². The first kappa shape index (κ1) is 14.0. The number of rotatable bonds is 3. The molecule has 0 bridgehead atoms. The monoisotopic (exact) mass is 288 g/mol. The van der Waals surface area contributed by atoms with E-state index in [4.69, 9.17) is 4.55 Å². The smallest absolute Gasteiger partial charge is 0.336 e. The van der Waals surface area contributed by atoms with E-state index in [-0.39, 0.29) is 0 Å². The van der Waals surface area contributed by atoms with Crippen LogP contribution >= 0.6 is 0 Å². The summed E-state index contributed by atoms with van der Waals surface area (Å²) in [4.78, 5) is 6.50. The Labute approximate surface area is 112 Å². The van der Waals surface area contributed by atoms with Crippen LogP contribution in [-0.2, 0) is 10.4 Å². The second-order valence-corrected chi connectivity index (χ2v) is 5.65. The van der Waals surface area contributed by atoms with E-state index < -0.39 is 10.4 Å². The maximum atomic E-state index is 10.8. The Morgan fingerprint density at radius 2 is 1.95 bits per heavy atom. The quantitative estimate of drug-likeness (QED) is 0.632. The maximum Gasteiger partial charge on any atom is 0.482 e. The van der Waals surface area contributed by atoms with Gasteiger partial charge in [0.15, 0.2) is 5.69 Å². The molecule has 1 aliphatic rings. The third kappa shape index (κ3) is 3.54. The van der Waals surface area contributed by atoms with Crippen LogP contribution in [0.4, 0.5) is 5.82 Å². The Morgan fingerprint density at radius 1 is 1.32 bits per heavy atom. The molecule has 0 atom stereocenters. The Morgan fingerprint density at radius 3 is 2.47 bits per heavy atom. The number of nitrogens with zero attached hydrogens (tertiary/aromatic N) is 3. The molecule has 0 radical (unpaired) electrons. The molecule has 2 heterocycles. The number of aromatic nitrogens is 2. The van der Waals surface area contributed by atoms with Gasteiger partial charge in [0, 0.05) is 26.9 Å². The lowest BCUT2D eigenvalue weighted by Gasteiger charge is -2.25. The first-order valence-corrected chi connectivity index (χ1v) is 7.56. The highest BCUT2D eigenvalue weighted by Crippen LogP contribution is 2.17. The van der Waals surface area contributed by atoms with E-state index in [1.807, 2.05) is 0 Å². The van der Waals surface area contributed by atoms with Crippen LogP contribution in [0.3, 0.4) is 0 Å². The lowest BCUT2D eigenvalue weighted by atomic mass is 10.1. The molecule has 0 aromatic carbocycles. The van der Waals surface area contributed by atoms with Crippen molar-refractivity contribution < 1.29 is 22.0 Å². The fraction of sp³-hybridized carbons (Fsp3) is 0.636. The van der Waals surface area contributed by atoms with Crippen LogP contribution < -0.4 is 13.9 Å². The molecule has 7 nitrogen and oxygen atoms in total. The molecule has 1 aromatic heterocycles. The minimum absolute atomic E-state index is 0.373. The second-order valence-electron chi connectivity index (χ2n) is 4.65. The van der Waals surface area contributed by atoms with E-state index in [0.29, 0.717) is 11.5 Å². The Hall–Kier alpha value is -1.41. The summed E-state index contributed by atoms with van der Waals surface area (Å²) in [6, 6.07) is 1.75. The molecule has 1 aliphatic heterocycles. The van der Waals surface area contributed by atoms with Crippen molar-refractivity contribution in [3.63, 3.8) is 0 Å². The van der Waals surface area contributed by atoms with Crippen LogP contribution in [-0.4, -0.2) is 31.0 Å². The van der Waals surface area contributed by atoms with Gasteiger partial charge in [-0.15, -0.1) is 0 Å². The normalized spacial score (nSPS) is 16.5. The lowest BCUT2D eigenvalue weighted by Crippen LogP contribution is -2.51. The van der Waals surface area contributed by atoms with Gasteiger partial charge in [0.1, 0.15) is 0 Å². The molecule has 0 aliphatic carbocycles. The SMILES string of the molecule is Cc1cc(N2CCCCC2)nc(C)[n+]1OS(=O)(=O)O. The number of hydrogen-bond acceptors (Lipinski definition) is 5. The van der Waals surface area contributed by atoms with Crippen molar-refractivity contribution in [1.82, 2.24) is 4.98 Å². The van der Waals surface area contributed by atoms with Gasteiger partial charge in [-0.2, -0.15) is 12.7 Å². The third-order valence-electron chi connectivity index (χ3n) is 3.08.